The molecule has 3 N–H and O–H groups in total. The van der Waals surface area contributed by atoms with E-state index in [1.807, 2.05) is 24.3 Å². The number of imide groups is 1. The molecule has 0 saturated heterocycles. The van der Waals surface area contributed by atoms with Gasteiger partial charge in [-0.25, -0.2) is 4.98 Å². The summed E-state index contributed by atoms with van der Waals surface area (Å²) in [6.45, 7) is 1.46. The monoisotopic (exact) mass is 393 g/mol. The van der Waals surface area contributed by atoms with E-state index in [2.05, 4.69) is 15.3 Å². The molecule has 0 spiro atoms. The minimum Gasteiger partial charge on any atom is -0.369 e. The smallest absolute Gasteiger partial charge is 0.262 e. The largest absolute Gasteiger partial charge is 0.369 e. The molecule has 1 aliphatic heterocycles. The van der Waals surface area contributed by atoms with E-state index in [1.165, 1.54) is 18.3 Å². The Hall–Kier alpha value is -3.59. The lowest BCUT2D eigenvalue weighted by Crippen LogP contribution is -2.50. The lowest BCUT2D eigenvalue weighted by atomic mass is 10.1. The quantitative estimate of drug-likeness (QED) is 0.401. The summed E-state index contributed by atoms with van der Waals surface area (Å²) < 4.78 is 0.944. The topological polar surface area (TPSA) is 118 Å². The van der Waals surface area contributed by atoms with Crippen molar-refractivity contribution in [3.63, 3.8) is 0 Å². The first-order valence-corrected chi connectivity index (χ1v) is 9.25. The Morgan fingerprint density at radius 1 is 1.11 bits per heavy atom. The maximum absolute atomic E-state index is 12.5. The van der Waals surface area contributed by atoms with E-state index in [0.29, 0.717) is 5.13 Å². The SMILES string of the molecule is C[C@@H](C(=O)NC(N)=Nc1nc2ccccc2s1)N1C(=O)c2ccccc2C1=O. The van der Waals surface area contributed by atoms with Crippen LogP contribution in [0.15, 0.2) is 53.5 Å². The number of thiazole rings is 1. The summed E-state index contributed by atoms with van der Waals surface area (Å²) in [5.74, 6) is -1.79. The molecule has 0 bridgehead atoms. The first kappa shape index (κ1) is 17.8. The van der Waals surface area contributed by atoms with Crippen LogP contribution in [0.4, 0.5) is 5.13 Å². The van der Waals surface area contributed by atoms with Crippen LogP contribution >= 0.6 is 11.3 Å². The highest BCUT2D eigenvalue weighted by atomic mass is 32.1. The highest BCUT2D eigenvalue weighted by Gasteiger charge is 2.40. The molecule has 4 rings (SSSR count). The third-order valence-corrected chi connectivity index (χ3v) is 5.27. The van der Waals surface area contributed by atoms with E-state index in [1.54, 1.807) is 24.3 Å². The van der Waals surface area contributed by atoms with Crippen molar-refractivity contribution in [2.45, 2.75) is 13.0 Å². The molecule has 3 amide bonds. The highest BCUT2D eigenvalue weighted by Crippen LogP contribution is 2.27. The van der Waals surface area contributed by atoms with Gasteiger partial charge in [-0.3, -0.25) is 24.6 Å². The Kier molecular flexibility index (Phi) is 4.36. The van der Waals surface area contributed by atoms with Gasteiger partial charge in [-0.2, -0.15) is 4.99 Å². The van der Waals surface area contributed by atoms with Crippen LogP contribution in [0.5, 0.6) is 0 Å². The molecule has 9 heteroatoms. The average Bonchev–Trinajstić information content (AvgIpc) is 3.19. The number of fused-ring (bicyclic) bond motifs is 2. The summed E-state index contributed by atoms with van der Waals surface area (Å²) in [4.78, 5) is 46.8. The van der Waals surface area contributed by atoms with Crippen molar-refractivity contribution in [3.8, 4) is 0 Å². The Labute approximate surface area is 163 Å². The van der Waals surface area contributed by atoms with Gasteiger partial charge in [0.1, 0.15) is 6.04 Å². The molecule has 8 nitrogen and oxygen atoms in total. The second-order valence-corrected chi connectivity index (χ2v) is 7.16. The molecule has 0 aliphatic carbocycles. The lowest BCUT2D eigenvalue weighted by molar-refractivity contribution is -0.123. The van der Waals surface area contributed by atoms with E-state index in [-0.39, 0.29) is 17.1 Å². The number of aliphatic imine (C=N–C) groups is 1. The zero-order chi connectivity index (χ0) is 19.8. The van der Waals surface area contributed by atoms with Crippen molar-refractivity contribution in [3.05, 3.63) is 59.7 Å². The standard InChI is InChI=1S/C19H15N5O3S/c1-10(24-16(26)11-6-2-3-7-12(11)17(24)27)15(25)22-18(20)23-19-21-13-8-4-5-9-14(13)28-19/h2-10H,1H3,(H3,20,21,22,23,25)/t10-/m0/s1. The normalized spacial score (nSPS) is 15.0. The zero-order valence-electron chi connectivity index (χ0n) is 14.7. The van der Waals surface area contributed by atoms with Gasteiger partial charge in [0.15, 0.2) is 0 Å². The number of nitrogens with one attached hydrogen (secondary N) is 1. The van der Waals surface area contributed by atoms with Crippen LogP contribution in [0.3, 0.4) is 0 Å². The Morgan fingerprint density at radius 3 is 2.36 bits per heavy atom. The Balaban J connectivity index is 1.50. The Bertz CT molecular complexity index is 1090. The van der Waals surface area contributed by atoms with Gasteiger partial charge in [-0.1, -0.05) is 35.6 Å². The summed E-state index contributed by atoms with van der Waals surface area (Å²) in [6, 6.07) is 12.9. The van der Waals surface area contributed by atoms with E-state index in [0.717, 1.165) is 15.1 Å². The number of benzene rings is 2. The molecule has 0 saturated carbocycles. The van der Waals surface area contributed by atoms with Gasteiger partial charge in [0.25, 0.3) is 11.8 Å². The number of nitrogens with zero attached hydrogens (tertiary/aromatic N) is 3. The number of amides is 3. The van der Waals surface area contributed by atoms with Gasteiger partial charge in [0.2, 0.25) is 17.0 Å². The number of carbonyl (C=O) groups is 3. The fourth-order valence-corrected chi connectivity index (χ4v) is 3.80. The number of guanidine groups is 1. The molecule has 0 unspecified atom stereocenters. The molecule has 140 valence electrons. The molecule has 2 aromatic carbocycles. The summed E-state index contributed by atoms with van der Waals surface area (Å²) in [6.07, 6.45) is 0. The van der Waals surface area contributed by atoms with Gasteiger partial charge in [-0.15, -0.1) is 0 Å². The van der Waals surface area contributed by atoms with Crippen LogP contribution in [0, 0.1) is 0 Å². The van der Waals surface area contributed by atoms with Crippen LogP contribution in [-0.2, 0) is 4.79 Å². The number of para-hydroxylation sites is 1. The van der Waals surface area contributed by atoms with Gasteiger partial charge in [0, 0.05) is 0 Å². The van der Waals surface area contributed by atoms with Crippen LogP contribution in [0.1, 0.15) is 27.6 Å². The summed E-state index contributed by atoms with van der Waals surface area (Å²) in [7, 11) is 0. The minimum atomic E-state index is -1.04. The van der Waals surface area contributed by atoms with Crippen molar-refractivity contribution in [2.24, 2.45) is 10.7 Å². The number of aromatic nitrogens is 1. The number of nitrogens with two attached hydrogens (primary N) is 1. The molecular formula is C19H15N5O3S. The number of carbonyl (C=O) groups excluding carboxylic acids is 3. The fraction of sp³-hybridized carbons (Fsp3) is 0.105. The van der Waals surface area contributed by atoms with Crippen LogP contribution in [0.2, 0.25) is 0 Å². The molecule has 1 aliphatic rings. The second kappa shape index (κ2) is 6.86. The molecular weight excluding hydrogens is 378 g/mol. The fourth-order valence-electron chi connectivity index (χ4n) is 2.95. The van der Waals surface area contributed by atoms with Crippen molar-refractivity contribution < 1.29 is 14.4 Å². The molecule has 0 radical (unpaired) electrons. The highest BCUT2D eigenvalue weighted by molar-refractivity contribution is 7.22. The van der Waals surface area contributed by atoms with Crippen LogP contribution in [0.25, 0.3) is 10.2 Å². The minimum absolute atomic E-state index is 0.160. The molecule has 2 heterocycles. The van der Waals surface area contributed by atoms with Gasteiger partial charge in [-0.05, 0) is 31.2 Å². The molecule has 1 atom stereocenters. The first-order valence-electron chi connectivity index (χ1n) is 8.43. The second-order valence-electron chi connectivity index (χ2n) is 6.15. The average molecular weight is 393 g/mol. The molecule has 3 aromatic rings. The number of hydrogen-bond donors (Lipinski definition) is 2. The maximum atomic E-state index is 12.5. The third-order valence-electron chi connectivity index (χ3n) is 4.34. The number of rotatable bonds is 3. The van der Waals surface area contributed by atoms with Gasteiger partial charge >= 0.3 is 0 Å². The van der Waals surface area contributed by atoms with Crippen LogP contribution < -0.4 is 11.1 Å². The molecule has 1 aromatic heterocycles. The summed E-state index contributed by atoms with van der Waals surface area (Å²) >= 11 is 1.33. The van der Waals surface area contributed by atoms with Gasteiger partial charge in [0.05, 0.1) is 21.3 Å². The van der Waals surface area contributed by atoms with E-state index in [4.69, 9.17) is 5.73 Å². The maximum Gasteiger partial charge on any atom is 0.262 e. The van der Waals surface area contributed by atoms with Crippen molar-refractivity contribution in [2.75, 3.05) is 0 Å². The van der Waals surface area contributed by atoms with E-state index >= 15 is 0 Å². The zero-order valence-corrected chi connectivity index (χ0v) is 15.6. The van der Waals surface area contributed by atoms with Crippen molar-refractivity contribution >= 4 is 50.4 Å². The van der Waals surface area contributed by atoms with Crippen LogP contribution in [-0.4, -0.2) is 39.6 Å². The summed E-state index contributed by atoms with van der Waals surface area (Å²) in [5.41, 5.74) is 7.16. The van der Waals surface area contributed by atoms with E-state index in [9.17, 15) is 14.4 Å². The third kappa shape index (κ3) is 3.01. The predicted molar refractivity (Wildman–Crippen MR) is 105 cm³/mol. The first-order chi connectivity index (χ1) is 13.5. The molecule has 0 fully saturated rings. The predicted octanol–water partition coefficient (Wildman–Crippen LogP) is 2.04. The number of hydrogen-bond acceptors (Lipinski definition) is 6. The van der Waals surface area contributed by atoms with Gasteiger partial charge < -0.3 is 5.73 Å². The van der Waals surface area contributed by atoms with Crippen molar-refractivity contribution in [1.29, 1.82) is 0 Å². The Morgan fingerprint density at radius 2 is 1.71 bits per heavy atom. The van der Waals surface area contributed by atoms with Crippen molar-refractivity contribution in [1.82, 2.24) is 15.2 Å². The summed E-state index contributed by atoms with van der Waals surface area (Å²) in [5, 5.41) is 2.82. The van der Waals surface area contributed by atoms with E-state index < -0.39 is 23.8 Å². The molecule has 28 heavy (non-hydrogen) atoms. The lowest BCUT2D eigenvalue weighted by Gasteiger charge is -2.21.